The Kier molecular flexibility index (Phi) is 13.6. The zero-order chi connectivity index (χ0) is 40.1. The van der Waals surface area contributed by atoms with Crippen molar-refractivity contribution in [1.82, 2.24) is 14.5 Å². The summed E-state index contributed by atoms with van der Waals surface area (Å²) in [6.07, 6.45) is 0.757. The molecule has 5 heterocycles. The summed E-state index contributed by atoms with van der Waals surface area (Å²) in [5.41, 5.74) is 0.272. The summed E-state index contributed by atoms with van der Waals surface area (Å²) >= 11 is 0. The first-order valence-corrected chi connectivity index (χ1v) is 23.5. The zero-order valence-electron chi connectivity index (χ0n) is 30.0. The molecule has 2 aromatic rings. The fourth-order valence-corrected chi connectivity index (χ4v) is 12.6. The second kappa shape index (κ2) is 16.7. The number of aromatic nitrogens is 4. The number of H-pyrrole nitrogens is 1. The third kappa shape index (κ3) is 10.1. The maximum Gasteiger partial charge on any atom is 0.479 e. The number of aryl methyl sites for hydroxylation is 1. The molecule has 300 valence electrons. The lowest BCUT2D eigenvalue weighted by molar-refractivity contribution is -0.745. The van der Waals surface area contributed by atoms with E-state index in [4.69, 9.17) is 48.0 Å². The maximum atomic E-state index is 12.9. The Bertz CT molecular complexity index is 1920. The molecule has 0 aliphatic carbocycles. The largest absolute Gasteiger partial charge is 0.479 e. The highest BCUT2D eigenvalue weighted by Gasteiger charge is 2.48. The fraction of sp³-hybridized carbons (Fsp3) is 0.778. The Balaban J connectivity index is 1.13. The van der Waals surface area contributed by atoms with Gasteiger partial charge in [0.05, 0.1) is 45.2 Å². The van der Waals surface area contributed by atoms with E-state index in [9.17, 15) is 43.2 Å². The number of nitrogens with zero attached hydrogens (tertiary/aromatic N) is 3. The second-order valence-electron chi connectivity index (χ2n) is 13.9. The van der Waals surface area contributed by atoms with Crippen LogP contribution < -0.4 is 10.1 Å². The van der Waals surface area contributed by atoms with E-state index in [-0.39, 0.29) is 24.0 Å². The molecule has 0 bridgehead atoms. The van der Waals surface area contributed by atoms with Gasteiger partial charge in [0.2, 0.25) is 13.1 Å². The van der Waals surface area contributed by atoms with Gasteiger partial charge >= 0.3 is 28.7 Å². The van der Waals surface area contributed by atoms with E-state index in [2.05, 4.69) is 20.6 Å². The smallest absolute Gasteiger partial charge is 0.390 e. The lowest BCUT2D eigenvalue weighted by atomic mass is 9.86. The van der Waals surface area contributed by atoms with Crippen LogP contribution in [0.15, 0.2) is 17.4 Å². The molecule has 2 aromatic heterocycles. The Morgan fingerprint density at radius 2 is 1.50 bits per heavy atom. The molecule has 3 fully saturated rings. The lowest BCUT2D eigenvalue weighted by Gasteiger charge is -2.29. The summed E-state index contributed by atoms with van der Waals surface area (Å²) in [6.45, 7) is 5.26. The van der Waals surface area contributed by atoms with Crippen molar-refractivity contribution in [3.05, 3.63) is 23.0 Å². The van der Waals surface area contributed by atoms with Crippen molar-refractivity contribution in [2.45, 2.75) is 76.4 Å². The van der Waals surface area contributed by atoms with Gasteiger partial charge < -0.3 is 52.5 Å². The van der Waals surface area contributed by atoms with E-state index in [1.807, 2.05) is 6.92 Å². The average Bonchev–Trinajstić information content (AvgIpc) is 3.71. The molecule has 4 radical (unpaired) electrons. The highest BCUT2D eigenvalue weighted by Crippen LogP contribution is 2.66. The standard InChI is InChI=1S/C27H44B2N4O17P4/c1-13-14(2)27(33-11-32(5)20-25(33)30-10-31-26(20)35)48-17(13)7-45-54(41,42)50-53(39,40)12-52(37,38)44-9-19-22(16(4)24(29)47-19)49-51(6,36)43-8-18-21(34)15(3)23(28)46-18/h10-11,13-19,21-24,27,34H,6-9,12H2,1-5H3,(H4-,30,31,35,36,37,38,39,40,41,42)/p+1. The van der Waals surface area contributed by atoms with Crippen LogP contribution in [0, 0.1) is 23.7 Å². The minimum absolute atomic E-state index is 0.220. The van der Waals surface area contributed by atoms with Gasteiger partial charge in [-0.1, -0.05) is 32.7 Å². The van der Waals surface area contributed by atoms with Gasteiger partial charge in [0.15, 0.2) is 24.8 Å². The molecule has 6 N–H and O–H groups in total. The minimum Gasteiger partial charge on any atom is -0.390 e. The van der Waals surface area contributed by atoms with E-state index < -0.39 is 110 Å². The van der Waals surface area contributed by atoms with Gasteiger partial charge in [-0.05, 0) is 12.2 Å². The van der Waals surface area contributed by atoms with Crippen LogP contribution >= 0.6 is 30.6 Å². The third-order valence-electron chi connectivity index (χ3n) is 9.82. The van der Waals surface area contributed by atoms with Crippen molar-refractivity contribution in [2.75, 3.05) is 25.7 Å². The predicted octanol–water partition coefficient (Wildman–Crippen LogP) is 0.206. The Morgan fingerprint density at radius 1 is 0.889 bits per heavy atom. The van der Waals surface area contributed by atoms with Crippen molar-refractivity contribution in [3.8, 4) is 0 Å². The number of aliphatic hydroxyl groups excluding tert-OH is 1. The van der Waals surface area contributed by atoms with Crippen LogP contribution in [0.25, 0.3) is 11.2 Å². The van der Waals surface area contributed by atoms with Crippen molar-refractivity contribution in [2.24, 2.45) is 30.7 Å². The number of nitrogens with one attached hydrogen (secondary N) is 1. The highest BCUT2D eigenvalue weighted by atomic mass is 31.3. The van der Waals surface area contributed by atoms with Crippen molar-refractivity contribution in [3.63, 3.8) is 0 Å². The number of rotatable bonds is 16. The Labute approximate surface area is 313 Å². The topological polar surface area (TPSA) is 281 Å². The van der Waals surface area contributed by atoms with Gasteiger partial charge in [-0.2, -0.15) is 0 Å². The summed E-state index contributed by atoms with van der Waals surface area (Å²) in [4.78, 5) is 60.9. The third-order valence-corrected chi connectivity index (χ3v) is 16.7. The van der Waals surface area contributed by atoms with E-state index >= 15 is 0 Å². The molecule has 0 amide bonds. The molecular formula is C27H45B2N4O17P4+. The first kappa shape index (κ1) is 44.1. The Hall–Kier alpha value is -1.05. The molecule has 16 atom stereocenters. The number of hydrogen-bond acceptors (Lipinski definition) is 15. The van der Waals surface area contributed by atoms with Crippen LogP contribution in [-0.2, 0) is 57.4 Å². The first-order valence-electron chi connectivity index (χ1n) is 16.8. The van der Waals surface area contributed by atoms with Crippen molar-refractivity contribution < 1.29 is 79.6 Å². The number of aliphatic hydroxyl groups is 1. The van der Waals surface area contributed by atoms with Gasteiger partial charge in [-0.3, -0.25) is 28.0 Å². The highest BCUT2D eigenvalue weighted by molar-refractivity contribution is 7.74. The SMILES string of the molecule is [B]C1OC(COP(=C)(O)OC2C(COP(=O)(O)CP(=O)(O)OP(=O)(O)OCC3OC([n+]4cn(C)c5c(=O)[nH]cnc54)C(C)C3C)OC([B])C2C)C(O)C1C. The summed E-state index contributed by atoms with van der Waals surface area (Å²) in [5, 5.41) is 10.3. The molecule has 21 nitrogen and oxygen atoms in total. The first-order chi connectivity index (χ1) is 24.9. The number of aromatic amines is 1. The zero-order valence-corrected chi connectivity index (χ0v) is 33.6. The van der Waals surface area contributed by atoms with Crippen molar-refractivity contribution >= 4 is 63.7 Å². The van der Waals surface area contributed by atoms with Crippen molar-refractivity contribution in [1.29, 1.82) is 0 Å². The maximum absolute atomic E-state index is 12.9. The summed E-state index contributed by atoms with van der Waals surface area (Å²) in [7, 11) is -6.21. The monoisotopic (exact) mass is 843 g/mol. The van der Waals surface area contributed by atoms with Gasteiger partial charge in [0.25, 0.3) is 5.56 Å². The molecule has 54 heavy (non-hydrogen) atoms. The normalized spacial score (nSPS) is 37.5. The van der Waals surface area contributed by atoms with Crippen LogP contribution in [-0.4, -0.2) is 129 Å². The van der Waals surface area contributed by atoms with E-state index in [0.29, 0.717) is 11.2 Å². The van der Waals surface area contributed by atoms with Gasteiger partial charge in [-0.25, -0.2) is 13.4 Å². The molecule has 16 unspecified atom stereocenters. The molecule has 5 rings (SSSR count). The van der Waals surface area contributed by atoms with E-state index in [1.54, 1.807) is 43.3 Å². The summed E-state index contributed by atoms with van der Waals surface area (Å²) < 4.78 is 84.4. The predicted molar refractivity (Wildman–Crippen MR) is 191 cm³/mol. The molecule has 0 saturated carbocycles. The van der Waals surface area contributed by atoms with Gasteiger partial charge in [0.1, 0.15) is 27.9 Å². The summed E-state index contributed by atoms with van der Waals surface area (Å²) in [6, 6.07) is -1.75. The quantitative estimate of drug-likeness (QED) is 0.0748. The molecule has 0 spiro atoms. The van der Waals surface area contributed by atoms with Crippen LogP contribution in [0.5, 0.6) is 0 Å². The van der Waals surface area contributed by atoms with Crippen LogP contribution in [0.4, 0.5) is 0 Å². The fourth-order valence-electron chi connectivity index (χ4n) is 6.46. The lowest BCUT2D eigenvalue weighted by Crippen LogP contribution is -2.42. The number of ether oxygens (including phenoxy) is 3. The van der Waals surface area contributed by atoms with Crippen LogP contribution in [0.1, 0.15) is 33.9 Å². The molecule has 27 heteroatoms. The van der Waals surface area contributed by atoms with Crippen LogP contribution in [0.2, 0.25) is 0 Å². The molecule has 3 aliphatic heterocycles. The number of imidazole rings is 1. The molecular weight excluding hydrogens is 798 g/mol. The van der Waals surface area contributed by atoms with Crippen LogP contribution in [0.3, 0.4) is 0 Å². The average molecular weight is 843 g/mol. The van der Waals surface area contributed by atoms with Gasteiger partial charge in [0, 0.05) is 29.8 Å². The van der Waals surface area contributed by atoms with E-state index in [0.717, 1.165) is 0 Å². The number of phosphoric acid groups is 1. The molecule has 3 saturated heterocycles. The Morgan fingerprint density at radius 3 is 2.15 bits per heavy atom. The number of hydrogen-bond donors (Lipinski definition) is 6. The van der Waals surface area contributed by atoms with Gasteiger partial charge in [-0.15, -0.1) is 0 Å². The molecule has 0 aromatic carbocycles. The second-order valence-corrected chi connectivity index (χ2v) is 21.4. The minimum atomic E-state index is -5.35. The van der Waals surface area contributed by atoms with E-state index in [1.165, 1.54) is 6.33 Å². The number of fused-ring (bicyclic) bond motifs is 1. The summed E-state index contributed by atoms with van der Waals surface area (Å²) in [5.74, 6) is -3.17. The number of phosphoric ester groups is 1. The molecule has 3 aliphatic rings.